The van der Waals surface area contributed by atoms with Gasteiger partial charge < -0.3 is 14.0 Å². The van der Waals surface area contributed by atoms with Crippen LogP contribution in [0.15, 0.2) is 60.7 Å². The van der Waals surface area contributed by atoms with Crippen molar-refractivity contribution in [2.24, 2.45) is 0 Å². The van der Waals surface area contributed by atoms with E-state index in [2.05, 4.69) is 10.6 Å². The van der Waals surface area contributed by atoms with Gasteiger partial charge in [-0.3, -0.25) is 0 Å². The molecule has 0 amide bonds. The Morgan fingerprint density at radius 1 is 0.931 bits per heavy atom. The zero-order valence-electron chi connectivity index (χ0n) is 16.8. The second-order valence-corrected chi connectivity index (χ2v) is 7.40. The van der Waals surface area contributed by atoms with Crippen molar-refractivity contribution in [1.82, 2.24) is 9.55 Å². The number of benzene rings is 3. The molecule has 5 heteroatoms. The van der Waals surface area contributed by atoms with Gasteiger partial charge >= 0.3 is 0 Å². The molecule has 0 aliphatic rings. The Balaban J connectivity index is 1.62. The van der Waals surface area contributed by atoms with E-state index < -0.39 is 0 Å². The monoisotopic (exact) mass is 406 g/mol. The number of methoxy groups -OCH3 is 1. The molecule has 148 valence electrons. The number of para-hydroxylation sites is 2. The number of aromatic nitrogens is 2. The molecule has 4 rings (SSSR count). The molecule has 29 heavy (non-hydrogen) atoms. The quantitative estimate of drug-likeness (QED) is 0.390. The third-order valence-electron chi connectivity index (χ3n) is 5.00. The van der Waals surface area contributed by atoms with Crippen LogP contribution in [0.4, 0.5) is 0 Å². The molecule has 0 aliphatic heterocycles. The summed E-state index contributed by atoms with van der Waals surface area (Å²) in [5.74, 6) is 2.58. The number of nitrogens with zero attached hydrogens (tertiary/aromatic N) is 2. The van der Waals surface area contributed by atoms with Gasteiger partial charge in [-0.15, -0.1) is 0 Å². The Morgan fingerprint density at radius 3 is 2.31 bits per heavy atom. The van der Waals surface area contributed by atoms with Gasteiger partial charge in [0.05, 0.1) is 24.7 Å². The Morgan fingerprint density at radius 2 is 1.62 bits per heavy atom. The fraction of sp³-hybridized carbons (Fsp3) is 0.208. The first-order chi connectivity index (χ1) is 14.1. The number of aryl methyl sites for hydroxylation is 2. The van der Waals surface area contributed by atoms with Crippen molar-refractivity contribution >= 4 is 22.6 Å². The van der Waals surface area contributed by atoms with Crippen LogP contribution in [-0.2, 0) is 6.54 Å². The maximum absolute atomic E-state index is 6.26. The van der Waals surface area contributed by atoms with E-state index in [9.17, 15) is 0 Å². The van der Waals surface area contributed by atoms with Crippen LogP contribution in [0.3, 0.4) is 0 Å². The van der Waals surface area contributed by atoms with Gasteiger partial charge in [-0.05, 0) is 73.5 Å². The molecule has 0 atom stereocenters. The van der Waals surface area contributed by atoms with Crippen LogP contribution in [0.5, 0.6) is 11.5 Å². The van der Waals surface area contributed by atoms with E-state index in [0.29, 0.717) is 13.2 Å². The van der Waals surface area contributed by atoms with E-state index in [1.54, 1.807) is 7.11 Å². The predicted molar refractivity (Wildman–Crippen MR) is 118 cm³/mol. The van der Waals surface area contributed by atoms with Gasteiger partial charge in [-0.25, -0.2) is 4.98 Å². The molecular formula is C24H23ClN2O2. The summed E-state index contributed by atoms with van der Waals surface area (Å²) in [6.45, 7) is 5.20. The molecule has 0 saturated carbocycles. The molecule has 0 unspecified atom stereocenters. The number of ether oxygens (including phenoxy) is 2. The lowest BCUT2D eigenvalue weighted by atomic mass is 10.1. The van der Waals surface area contributed by atoms with Gasteiger partial charge in [0.1, 0.15) is 23.9 Å². The van der Waals surface area contributed by atoms with Crippen LogP contribution in [0.25, 0.3) is 22.4 Å². The number of hydrogen-bond acceptors (Lipinski definition) is 3. The molecule has 0 radical (unpaired) electrons. The number of halogens is 1. The fourth-order valence-electron chi connectivity index (χ4n) is 3.51. The van der Waals surface area contributed by atoms with Crippen molar-refractivity contribution in [3.63, 3.8) is 0 Å². The minimum atomic E-state index is 0.532. The second kappa shape index (κ2) is 8.18. The number of fused-ring (bicyclic) bond motifs is 1. The van der Waals surface area contributed by atoms with Gasteiger partial charge in [0.2, 0.25) is 0 Å². The average Bonchev–Trinajstić information content (AvgIpc) is 3.11. The Hall–Kier alpha value is -2.98. The van der Waals surface area contributed by atoms with E-state index >= 15 is 0 Å². The largest absolute Gasteiger partial charge is 0.497 e. The summed E-state index contributed by atoms with van der Waals surface area (Å²) in [5.41, 5.74) is 5.14. The van der Waals surface area contributed by atoms with Crippen molar-refractivity contribution in [2.45, 2.75) is 20.4 Å². The molecule has 3 aromatic carbocycles. The lowest BCUT2D eigenvalue weighted by Gasteiger charge is -2.13. The van der Waals surface area contributed by atoms with Gasteiger partial charge in [0, 0.05) is 10.6 Å². The third kappa shape index (κ3) is 3.94. The maximum atomic E-state index is 6.26. The first-order valence-electron chi connectivity index (χ1n) is 9.56. The van der Waals surface area contributed by atoms with Gasteiger partial charge in [0.25, 0.3) is 0 Å². The highest BCUT2D eigenvalue weighted by molar-refractivity contribution is 6.32. The van der Waals surface area contributed by atoms with Crippen molar-refractivity contribution in [3.05, 3.63) is 76.8 Å². The van der Waals surface area contributed by atoms with E-state index in [1.165, 1.54) is 0 Å². The van der Waals surface area contributed by atoms with E-state index in [1.807, 2.05) is 68.4 Å². The second-order valence-electron chi connectivity index (χ2n) is 7.02. The van der Waals surface area contributed by atoms with Gasteiger partial charge in [0.15, 0.2) is 0 Å². The average molecular weight is 407 g/mol. The van der Waals surface area contributed by atoms with E-state index in [-0.39, 0.29) is 0 Å². The molecule has 1 aromatic heterocycles. The molecule has 4 nitrogen and oxygen atoms in total. The van der Waals surface area contributed by atoms with Crippen molar-refractivity contribution < 1.29 is 9.47 Å². The van der Waals surface area contributed by atoms with Crippen LogP contribution in [0.1, 0.15) is 11.1 Å². The first-order valence-corrected chi connectivity index (χ1v) is 9.94. The summed E-state index contributed by atoms with van der Waals surface area (Å²) in [6.07, 6.45) is 0. The number of rotatable bonds is 6. The number of imidazole rings is 1. The first kappa shape index (κ1) is 19.3. The Bertz CT molecular complexity index is 1130. The molecule has 4 aromatic rings. The molecule has 0 fully saturated rings. The van der Waals surface area contributed by atoms with Crippen molar-refractivity contribution in [2.75, 3.05) is 13.7 Å². The Kier molecular flexibility index (Phi) is 5.45. The zero-order valence-corrected chi connectivity index (χ0v) is 17.5. The molecule has 0 bridgehead atoms. The normalized spacial score (nSPS) is 11.0. The fourth-order valence-corrected chi connectivity index (χ4v) is 3.62. The highest BCUT2D eigenvalue weighted by Crippen LogP contribution is 2.28. The summed E-state index contributed by atoms with van der Waals surface area (Å²) in [4.78, 5) is 4.85. The summed E-state index contributed by atoms with van der Waals surface area (Å²) >= 11 is 6.26. The lowest BCUT2D eigenvalue weighted by Crippen LogP contribution is -2.09. The standard InChI is InChI=1S/C24H23ClN2O2/c1-16-14-20(15-17(2)23(16)25)29-13-12-27-22-7-5-4-6-21(22)26-24(27)18-8-10-19(28-3)11-9-18/h4-11,14-15H,12-13H2,1-3H3. The van der Waals surface area contributed by atoms with Crippen molar-refractivity contribution in [1.29, 1.82) is 0 Å². The van der Waals surface area contributed by atoms with E-state index in [0.717, 1.165) is 50.1 Å². The van der Waals surface area contributed by atoms with Gasteiger partial charge in [-0.1, -0.05) is 23.7 Å². The van der Waals surface area contributed by atoms with Crippen LogP contribution >= 0.6 is 11.6 Å². The van der Waals surface area contributed by atoms with Gasteiger partial charge in [-0.2, -0.15) is 0 Å². The Labute approximate surface area is 175 Å². The summed E-state index contributed by atoms with van der Waals surface area (Å²) in [6, 6.07) is 20.1. The topological polar surface area (TPSA) is 36.3 Å². The zero-order chi connectivity index (χ0) is 20.4. The summed E-state index contributed by atoms with van der Waals surface area (Å²) in [5, 5.41) is 0.791. The summed E-state index contributed by atoms with van der Waals surface area (Å²) < 4.78 is 13.5. The van der Waals surface area contributed by atoms with Crippen molar-refractivity contribution in [3.8, 4) is 22.9 Å². The highest BCUT2D eigenvalue weighted by atomic mass is 35.5. The minimum Gasteiger partial charge on any atom is -0.497 e. The predicted octanol–water partition coefficient (Wildman–Crippen LogP) is 6.06. The maximum Gasteiger partial charge on any atom is 0.141 e. The smallest absolute Gasteiger partial charge is 0.141 e. The lowest BCUT2D eigenvalue weighted by molar-refractivity contribution is 0.300. The molecule has 1 heterocycles. The molecule has 0 N–H and O–H groups in total. The molecule has 0 saturated heterocycles. The van der Waals surface area contributed by atoms with Crippen LogP contribution in [-0.4, -0.2) is 23.3 Å². The third-order valence-corrected chi connectivity index (χ3v) is 5.59. The van der Waals surface area contributed by atoms with Crippen LogP contribution < -0.4 is 9.47 Å². The number of hydrogen-bond donors (Lipinski definition) is 0. The minimum absolute atomic E-state index is 0.532. The molecule has 0 aliphatic carbocycles. The molecular weight excluding hydrogens is 384 g/mol. The summed E-state index contributed by atoms with van der Waals surface area (Å²) in [7, 11) is 1.67. The van der Waals surface area contributed by atoms with Crippen LogP contribution in [0, 0.1) is 13.8 Å². The van der Waals surface area contributed by atoms with Crippen LogP contribution in [0.2, 0.25) is 5.02 Å². The molecule has 0 spiro atoms. The SMILES string of the molecule is COc1ccc(-c2nc3ccccc3n2CCOc2cc(C)c(Cl)c(C)c2)cc1. The van der Waals surface area contributed by atoms with E-state index in [4.69, 9.17) is 26.1 Å². The highest BCUT2D eigenvalue weighted by Gasteiger charge is 2.13.